The molecule has 0 atom stereocenters. The molecule has 1 heterocycles. The molecule has 2 aromatic rings. The van der Waals surface area contributed by atoms with Crippen LogP contribution in [0, 0.1) is 17.2 Å². The molecular formula is C15H16Cl2N4. The van der Waals surface area contributed by atoms with Gasteiger partial charge in [-0.25, -0.2) is 4.68 Å². The predicted molar refractivity (Wildman–Crippen MR) is 85.5 cm³/mol. The third kappa shape index (κ3) is 3.49. The standard InChI is InChI=1S/C15H16Cl2N4/c1-9(2)5-14-11(7-18)15(19)21(20-14)8-10-3-4-12(16)13(17)6-10/h3-4,6,9H,5,8,19H2,1-2H3. The minimum absolute atomic E-state index is 0.388. The molecular weight excluding hydrogens is 307 g/mol. The van der Waals surface area contributed by atoms with E-state index in [9.17, 15) is 5.26 Å². The lowest BCUT2D eigenvalue weighted by Crippen LogP contribution is -2.06. The van der Waals surface area contributed by atoms with Gasteiger partial charge >= 0.3 is 0 Å². The van der Waals surface area contributed by atoms with Crippen molar-refractivity contribution in [3.63, 3.8) is 0 Å². The number of hydrogen-bond acceptors (Lipinski definition) is 3. The minimum atomic E-state index is 0.388. The normalized spacial score (nSPS) is 10.9. The molecule has 0 amide bonds. The van der Waals surface area contributed by atoms with E-state index in [1.807, 2.05) is 6.07 Å². The van der Waals surface area contributed by atoms with Gasteiger partial charge in [0.25, 0.3) is 0 Å². The molecule has 0 unspecified atom stereocenters. The maximum atomic E-state index is 9.25. The highest BCUT2D eigenvalue weighted by Gasteiger charge is 2.16. The number of nitriles is 1. The Kier molecular flexibility index (Phi) is 4.76. The Hall–Kier alpha value is -1.70. The molecule has 21 heavy (non-hydrogen) atoms. The van der Waals surface area contributed by atoms with E-state index < -0.39 is 0 Å². The van der Waals surface area contributed by atoms with Crippen LogP contribution in [0.5, 0.6) is 0 Å². The third-order valence-corrected chi connectivity index (χ3v) is 3.83. The molecule has 0 bridgehead atoms. The maximum absolute atomic E-state index is 9.25. The van der Waals surface area contributed by atoms with Crippen LogP contribution in [0.15, 0.2) is 18.2 Å². The molecule has 110 valence electrons. The van der Waals surface area contributed by atoms with E-state index in [1.165, 1.54) is 0 Å². The summed E-state index contributed by atoms with van der Waals surface area (Å²) in [5, 5.41) is 14.7. The largest absolute Gasteiger partial charge is 0.383 e. The van der Waals surface area contributed by atoms with E-state index in [0.29, 0.717) is 33.9 Å². The number of benzene rings is 1. The van der Waals surface area contributed by atoms with Crippen molar-refractivity contribution in [2.45, 2.75) is 26.8 Å². The summed E-state index contributed by atoms with van der Waals surface area (Å²) < 4.78 is 1.63. The average molecular weight is 323 g/mol. The molecule has 2 N–H and O–H groups in total. The van der Waals surface area contributed by atoms with Gasteiger partial charge in [0.15, 0.2) is 0 Å². The van der Waals surface area contributed by atoms with Crippen molar-refractivity contribution in [3.8, 4) is 6.07 Å². The van der Waals surface area contributed by atoms with Crippen LogP contribution < -0.4 is 5.73 Å². The number of anilines is 1. The smallest absolute Gasteiger partial charge is 0.140 e. The second-order valence-corrected chi connectivity index (χ2v) is 6.14. The Bertz CT molecular complexity index is 698. The summed E-state index contributed by atoms with van der Waals surface area (Å²) in [4.78, 5) is 0. The van der Waals surface area contributed by atoms with E-state index in [2.05, 4.69) is 25.0 Å². The zero-order valence-electron chi connectivity index (χ0n) is 11.9. The molecule has 0 aliphatic rings. The van der Waals surface area contributed by atoms with Crippen LogP contribution in [0.2, 0.25) is 10.0 Å². The van der Waals surface area contributed by atoms with Crippen molar-refractivity contribution in [1.29, 1.82) is 5.26 Å². The fourth-order valence-electron chi connectivity index (χ4n) is 2.11. The molecule has 0 aliphatic heterocycles. The lowest BCUT2D eigenvalue weighted by Gasteiger charge is -2.05. The SMILES string of the molecule is CC(C)Cc1nn(Cc2ccc(Cl)c(Cl)c2)c(N)c1C#N. The van der Waals surface area contributed by atoms with Crippen molar-refractivity contribution >= 4 is 29.0 Å². The summed E-state index contributed by atoms with van der Waals surface area (Å²) in [5.41, 5.74) is 8.16. The second kappa shape index (κ2) is 6.38. The van der Waals surface area contributed by atoms with Gasteiger partial charge in [-0.05, 0) is 30.0 Å². The lowest BCUT2D eigenvalue weighted by molar-refractivity contribution is 0.609. The number of nitrogen functional groups attached to an aromatic ring is 1. The van der Waals surface area contributed by atoms with Crippen molar-refractivity contribution in [2.75, 3.05) is 5.73 Å². The van der Waals surface area contributed by atoms with Crippen molar-refractivity contribution < 1.29 is 0 Å². The number of nitrogens with zero attached hydrogens (tertiary/aromatic N) is 3. The van der Waals surface area contributed by atoms with E-state index in [-0.39, 0.29) is 0 Å². The van der Waals surface area contributed by atoms with Crippen molar-refractivity contribution in [2.24, 2.45) is 5.92 Å². The molecule has 0 spiro atoms. The van der Waals surface area contributed by atoms with Crippen LogP contribution in [0.1, 0.15) is 30.7 Å². The number of rotatable bonds is 4. The van der Waals surface area contributed by atoms with Gasteiger partial charge in [-0.1, -0.05) is 43.1 Å². The first-order chi connectivity index (χ1) is 9.92. The Morgan fingerprint density at radius 2 is 2.05 bits per heavy atom. The van der Waals surface area contributed by atoms with Gasteiger partial charge in [0.2, 0.25) is 0 Å². The highest BCUT2D eigenvalue weighted by molar-refractivity contribution is 6.42. The van der Waals surface area contributed by atoms with Gasteiger partial charge in [-0.3, -0.25) is 0 Å². The number of nitrogens with two attached hydrogens (primary N) is 1. The first-order valence-corrected chi connectivity index (χ1v) is 7.37. The summed E-state index contributed by atoms with van der Waals surface area (Å²) in [6, 6.07) is 7.52. The van der Waals surface area contributed by atoms with E-state index in [0.717, 1.165) is 17.7 Å². The fraction of sp³-hybridized carbons (Fsp3) is 0.333. The highest BCUT2D eigenvalue weighted by atomic mass is 35.5. The van der Waals surface area contributed by atoms with Crippen molar-refractivity contribution in [3.05, 3.63) is 45.1 Å². The van der Waals surface area contributed by atoms with Crippen LogP contribution >= 0.6 is 23.2 Å². The summed E-state index contributed by atoms with van der Waals surface area (Å²) in [6.07, 6.45) is 0.724. The zero-order valence-corrected chi connectivity index (χ0v) is 13.4. The van der Waals surface area contributed by atoms with E-state index in [4.69, 9.17) is 28.9 Å². The van der Waals surface area contributed by atoms with Crippen LogP contribution in [0.25, 0.3) is 0 Å². The summed E-state index contributed by atoms with van der Waals surface area (Å²) in [5.74, 6) is 0.795. The van der Waals surface area contributed by atoms with Crippen LogP contribution in [0.4, 0.5) is 5.82 Å². The Morgan fingerprint density at radius 3 is 2.62 bits per heavy atom. The highest BCUT2D eigenvalue weighted by Crippen LogP contribution is 2.24. The Balaban J connectivity index is 2.34. The number of aromatic nitrogens is 2. The first-order valence-electron chi connectivity index (χ1n) is 6.61. The monoisotopic (exact) mass is 322 g/mol. The summed E-state index contributed by atoms with van der Waals surface area (Å²) in [6.45, 7) is 4.61. The fourth-order valence-corrected chi connectivity index (χ4v) is 2.43. The quantitative estimate of drug-likeness (QED) is 0.928. The van der Waals surface area contributed by atoms with Gasteiger partial charge in [0, 0.05) is 0 Å². The van der Waals surface area contributed by atoms with Gasteiger partial charge in [0.05, 0.1) is 22.3 Å². The predicted octanol–water partition coefficient (Wildman–Crippen LogP) is 3.89. The molecule has 0 fully saturated rings. The van der Waals surface area contributed by atoms with Crippen LogP contribution in [-0.4, -0.2) is 9.78 Å². The molecule has 6 heteroatoms. The van der Waals surface area contributed by atoms with Gasteiger partial charge in [-0.15, -0.1) is 0 Å². The topological polar surface area (TPSA) is 67.6 Å². The second-order valence-electron chi connectivity index (χ2n) is 5.32. The molecule has 0 aliphatic carbocycles. The first kappa shape index (κ1) is 15.7. The van der Waals surface area contributed by atoms with E-state index >= 15 is 0 Å². The Labute approximate surface area is 134 Å². The zero-order chi connectivity index (χ0) is 15.6. The molecule has 0 saturated heterocycles. The third-order valence-electron chi connectivity index (χ3n) is 3.09. The molecule has 1 aromatic carbocycles. The molecule has 4 nitrogen and oxygen atoms in total. The lowest BCUT2D eigenvalue weighted by atomic mass is 10.1. The summed E-state index contributed by atoms with van der Waals surface area (Å²) >= 11 is 11.9. The maximum Gasteiger partial charge on any atom is 0.140 e. The van der Waals surface area contributed by atoms with Gasteiger partial charge in [-0.2, -0.15) is 10.4 Å². The summed E-state index contributed by atoms with van der Waals surface area (Å²) in [7, 11) is 0. The number of hydrogen-bond donors (Lipinski definition) is 1. The molecule has 2 rings (SSSR count). The van der Waals surface area contributed by atoms with Gasteiger partial charge < -0.3 is 5.73 Å². The molecule has 0 saturated carbocycles. The molecule has 0 radical (unpaired) electrons. The Morgan fingerprint density at radius 1 is 1.33 bits per heavy atom. The number of halogens is 2. The molecule has 1 aromatic heterocycles. The van der Waals surface area contributed by atoms with Crippen LogP contribution in [0.3, 0.4) is 0 Å². The average Bonchev–Trinajstić information content (AvgIpc) is 2.69. The van der Waals surface area contributed by atoms with Gasteiger partial charge in [0.1, 0.15) is 17.5 Å². The van der Waals surface area contributed by atoms with Crippen LogP contribution in [-0.2, 0) is 13.0 Å². The minimum Gasteiger partial charge on any atom is -0.383 e. The van der Waals surface area contributed by atoms with Crippen molar-refractivity contribution in [1.82, 2.24) is 9.78 Å². The van der Waals surface area contributed by atoms with E-state index in [1.54, 1.807) is 16.8 Å².